The molecule has 3 rings (SSSR count). The Bertz CT molecular complexity index is 863. The van der Waals surface area contributed by atoms with E-state index < -0.39 is 16.1 Å². The highest BCUT2D eigenvalue weighted by molar-refractivity contribution is 7.89. The zero-order chi connectivity index (χ0) is 17.3. The molecule has 0 aliphatic carbocycles. The van der Waals surface area contributed by atoms with Crippen LogP contribution in [0.15, 0.2) is 53.4 Å². The van der Waals surface area contributed by atoms with Gasteiger partial charge >= 0.3 is 0 Å². The van der Waals surface area contributed by atoms with Gasteiger partial charge in [0.05, 0.1) is 4.90 Å². The minimum Gasteiger partial charge on any atom is -0.311 e. The van der Waals surface area contributed by atoms with E-state index in [1.807, 2.05) is 43.3 Å². The van der Waals surface area contributed by atoms with Crippen molar-refractivity contribution >= 4 is 21.6 Å². The van der Waals surface area contributed by atoms with E-state index in [4.69, 9.17) is 0 Å². The summed E-state index contributed by atoms with van der Waals surface area (Å²) < 4.78 is 27.8. The van der Waals surface area contributed by atoms with Crippen molar-refractivity contribution < 1.29 is 13.2 Å². The number of nitrogens with zero attached hydrogens (tertiary/aromatic N) is 1. The molecule has 6 heteroatoms. The minimum atomic E-state index is -3.73. The lowest BCUT2D eigenvalue weighted by Gasteiger charge is -2.17. The molecule has 1 amide bonds. The van der Waals surface area contributed by atoms with E-state index in [9.17, 15) is 13.2 Å². The van der Waals surface area contributed by atoms with Gasteiger partial charge < -0.3 is 4.90 Å². The van der Waals surface area contributed by atoms with E-state index in [0.29, 0.717) is 18.5 Å². The Labute approximate surface area is 142 Å². The van der Waals surface area contributed by atoms with Crippen molar-refractivity contribution in [2.24, 2.45) is 0 Å². The van der Waals surface area contributed by atoms with Crippen LogP contribution < -0.4 is 9.62 Å². The third-order valence-corrected chi connectivity index (χ3v) is 5.82. The van der Waals surface area contributed by atoms with Crippen molar-refractivity contribution in [1.29, 1.82) is 0 Å². The molecule has 2 aromatic carbocycles. The average Bonchev–Trinajstić information content (AvgIpc) is 2.88. The molecule has 1 aliphatic rings. The van der Waals surface area contributed by atoms with Crippen LogP contribution in [0.3, 0.4) is 0 Å². The van der Waals surface area contributed by atoms with Crippen LogP contribution in [-0.2, 0) is 14.8 Å². The number of rotatable bonds is 4. The van der Waals surface area contributed by atoms with Gasteiger partial charge in [0, 0.05) is 12.2 Å². The van der Waals surface area contributed by atoms with Gasteiger partial charge in [-0.25, -0.2) is 8.42 Å². The number of sulfonamides is 1. The van der Waals surface area contributed by atoms with Crippen molar-refractivity contribution in [3.8, 4) is 0 Å². The molecule has 1 N–H and O–H groups in total. The minimum absolute atomic E-state index is 0.213. The Hall–Kier alpha value is -2.18. The van der Waals surface area contributed by atoms with Crippen LogP contribution in [0.2, 0.25) is 0 Å². The van der Waals surface area contributed by atoms with Gasteiger partial charge in [0.15, 0.2) is 0 Å². The Morgan fingerprint density at radius 2 is 1.79 bits per heavy atom. The molecule has 0 spiro atoms. The second-order valence-electron chi connectivity index (χ2n) is 6.06. The Morgan fingerprint density at radius 1 is 1.08 bits per heavy atom. The van der Waals surface area contributed by atoms with Crippen molar-refractivity contribution in [2.75, 3.05) is 11.4 Å². The summed E-state index contributed by atoms with van der Waals surface area (Å²) in [5.41, 5.74) is 2.46. The van der Waals surface area contributed by atoms with Crippen LogP contribution in [0.25, 0.3) is 0 Å². The third kappa shape index (κ3) is 3.20. The van der Waals surface area contributed by atoms with E-state index in [-0.39, 0.29) is 10.8 Å². The summed E-state index contributed by atoms with van der Waals surface area (Å²) in [4.78, 5) is 14.4. The molecule has 1 unspecified atom stereocenters. The predicted octanol–water partition coefficient (Wildman–Crippen LogP) is 2.39. The number of hydrogen-bond donors (Lipinski definition) is 1. The first-order valence-corrected chi connectivity index (χ1v) is 9.33. The van der Waals surface area contributed by atoms with Crippen LogP contribution in [0.1, 0.15) is 17.5 Å². The van der Waals surface area contributed by atoms with Crippen molar-refractivity contribution in [3.63, 3.8) is 0 Å². The highest BCUT2D eigenvalue weighted by Gasteiger charge is 2.35. The topological polar surface area (TPSA) is 66.5 Å². The van der Waals surface area contributed by atoms with Crippen molar-refractivity contribution in [1.82, 2.24) is 4.72 Å². The Kier molecular flexibility index (Phi) is 4.43. The first-order valence-electron chi connectivity index (χ1n) is 7.84. The first-order chi connectivity index (χ1) is 11.4. The second kappa shape index (κ2) is 6.37. The van der Waals surface area contributed by atoms with Crippen LogP contribution in [0.4, 0.5) is 5.69 Å². The number of amides is 1. The summed E-state index contributed by atoms with van der Waals surface area (Å²) in [6.45, 7) is 4.17. The summed E-state index contributed by atoms with van der Waals surface area (Å²) in [5.74, 6) is -0.213. The van der Waals surface area contributed by atoms with Crippen LogP contribution in [0.5, 0.6) is 0 Å². The van der Waals surface area contributed by atoms with Gasteiger partial charge in [0.2, 0.25) is 15.9 Å². The van der Waals surface area contributed by atoms with Gasteiger partial charge in [-0.3, -0.25) is 4.79 Å². The monoisotopic (exact) mass is 344 g/mol. The predicted molar refractivity (Wildman–Crippen MR) is 93.4 cm³/mol. The third-order valence-electron chi connectivity index (χ3n) is 4.19. The molecule has 0 aromatic heterocycles. The Morgan fingerprint density at radius 3 is 2.46 bits per heavy atom. The summed E-state index contributed by atoms with van der Waals surface area (Å²) in [6.07, 6.45) is 0.456. The maximum atomic E-state index is 12.6. The molecule has 1 aliphatic heterocycles. The highest BCUT2D eigenvalue weighted by atomic mass is 32.2. The summed E-state index contributed by atoms with van der Waals surface area (Å²) in [7, 11) is -3.73. The second-order valence-corrected chi connectivity index (χ2v) is 7.74. The number of hydrogen-bond acceptors (Lipinski definition) is 3. The van der Waals surface area contributed by atoms with Gasteiger partial charge in [-0.1, -0.05) is 35.9 Å². The smallest absolute Gasteiger partial charge is 0.245 e. The van der Waals surface area contributed by atoms with Crippen LogP contribution in [0, 0.1) is 13.8 Å². The zero-order valence-corrected chi connectivity index (χ0v) is 14.5. The fraction of sp³-hybridized carbons (Fsp3) is 0.278. The molecule has 0 bridgehead atoms. The van der Waals surface area contributed by atoms with Gasteiger partial charge in [-0.15, -0.1) is 0 Å². The first kappa shape index (κ1) is 16.7. The number of aryl methyl sites for hydroxylation is 2. The van der Waals surface area contributed by atoms with Crippen LogP contribution in [-0.4, -0.2) is 26.9 Å². The zero-order valence-electron chi connectivity index (χ0n) is 13.7. The molecule has 24 heavy (non-hydrogen) atoms. The molecule has 1 atom stereocenters. The lowest BCUT2D eigenvalue weighted by atomic mass is 10.2. The molecule has 2 aromatic rings. The van der Waals surface area contributed by atoms with Crippen molar-refractivity contribution in [3.05, 3.63) is 59.7 Å². The summed E-state index contributed by atoms with van der Waals surface area (Å²) in [5, 5.41) is 0. The number of carbonyl (C=O) groups is 1. The molecule has 0 saturated carbocycles. The summed E-state index contributed by atoms with van der Waals surface area (Å²) in [6, 6.07) is 13.7. The maximum Gasteiger partial charge on any atom is 0.245 e. The van der Waals surface area contributed by atoms with E-state index >= 15 is 0 Å². The molecule has 126 valence electrons. The number of nitrogens with one attached hydrogen (secondary N) is 1. The van der Waals surface area contributed by atoms with E-state index in [2.05, 4.69) is 4.72 Å². The molecular formula is C18H20N2O3S. The molecule has 1 saturated heterocycles. The lowest BCUT2D eigenvalue weighted by molar-refractivity contribution is -0.118. The number of carbonyl (C=O) groups excluding carboxylic acids is 1. The van der Waals surface area contributed by atoms with Gasteiger partial charge in [-0.2, -0.15) is 4.72 Å². The van der Waals surface area contributed by atoms with Crippen molar-refractivity contribution in [2.45, 2.75) is 31.2 Å². The highest BCUT2D eigenvalue weighted by Crippen LogP contribution is 2.23. The van der Waals surface area contributed by atoms with Gasteiger partial charge in [0.25, 0.3) is 0 Å². The maximum absolute atomic E-state index is 12.6. The van der Waals surface area contributed by atoms with Gasteiger partial charge in [0.1, 0.15) is 6.04 Å². The molecule has 1 fully saturated rings. The summed E-state index contributed by atoms with van der Waals surface area (Å²) >= 11 is 0. The van der Waals surface area contributed by atoms with E-state index in [1.165, 1.54) is 0 Å². The standard InChI is InChI=1S/C18H20N2O3S/c1-13-8-9-17(14(2)12-13)24(22,23)19-16-10-11-20(18(16)21)15-6-4-3-5-7-15/h3-9,12,16,19H,10-11H2,1-2H3. The largest absolute Gasteiger partial charge is 0.311 e. The van der Waals surface area contributed by atoms with Crippen LogP contribution >= 0.6 is 0 Å². The molecule has 1 heterocycles. The molecular weight excluding hydrogens is 324 g/mol. The SMILES string of the molecule is Cc1ccc(S(=O)(=O)NC2CCN(c3ccccc3)C2=O)c(C)c1. The Balaban J connectivity index is 1.80. The molecule has 5 nitrogen and oxygen atoms in total. The van der Waals surface area contributed by atoms with E-state index in [0.717, 1.165) is 11.3 Å². The fourth-order valence-corrected chi connectivity index (χ4v) is 4.46. The van der Waals surface area contributed by atoms with E-state index in [1.54, 1.807) is 24.0 Å². The number of anilines is 1. The molecule has 0 radical (unpaired) electrons. The van der Waals surface area contributed by atoms with Gasteiger partial charge in [-0.05, 0) is 44.0 Å². The average molecular weight is 344 g/mol. The lowest BCUT2D eigenvalue weighted by Crippen LogP contribution is -2.41. The normalized spacial score (nSPS) is 18.2. The number of benzene rings is 2. The number of para-hydroxylation sites is 1. The quantitative estimate of drug-likeness (QED) is 0.926. The fourth-order valence-electron chi connectivity index (χ4n) is 3.01.